The van der Waals surface area contributed by atoms with Crippen molar-refractivity contribution in [2.45, 2.75) is 29.9 Å². The van der Waals surface area contributed by atoms with Crippen LogP contribution in [0.2, 0.25) is 0 Å². The lowest BCUT2D eigenvalue weighted by Crippen LogP contribution is -2.16. The van der Waals surface area contributed by atoms with Gasteiger partial charge in [0, 0.05) is 12.8 Å². The number of alkyl halides is 1. The molecule has 0 N–H and O–H groups in total. The molecule has 0 aliphatic carbocycles. The molecule has 0 amide bonds. The molecule has 9 heavy (non-hydrogen) atoms. The second kappa shape index (κ2) is 2.35. The minimum Gasteiger partial charge on any atom is -0.117 e. The fourth-order valence-electron chi connectivity index (χ4n) is 1.88. The Hall–Kier alpha value is 0.640. The molecule has 0 aromatic carbocycles. The maximum Gasteiger partial charge on any atom is 0.134 e. The molecule has 2 aliphatic heterocycles. The third-order valence-corrected chi connectivity index (χ3v) is 6.05. The highest BCUT2D eigenvalue weighted by Gasteiger charge is 2.46. The number of halogens is 1. The van der Waals surface area contributed by atoms with Crippen molar-refractivity contribution in [1.29, 1.82) is 0 Å². The largest absolute Gasteiger partial charge is 0.134 e. The van der Waals surface area contributed by atoms with E-state index in [0.29, 0.717) is 5.38 Å². The Morgan fingerprint density at radius 3 is 2.89 bits per heavy atom. The highest BCUT2D eigenvalue weighted by atomic mass is 35.5. The lowest BCUT2D eigenvalue weighted by Gasteiger charge is -2.01. The zero-order chi connectivity index (χ0) is 6.27. The van der Waals surface area contributed by atoms with Crippen LogP contribution in [-0.4, -0.2) is 22.1 Å². The zero-order valence-electron chi connectivity index (χ0n) is 5.48. The van der Waals surface area contributed by atoms with Crippen LogP contribution in [0, 0.1) is 0 Å². The predicted octanol–water partition coefficient (Wildman–Crippen LogP) is 1.78. The summed E-state index contributed by atoms with van der Waals surface area (Å²) in [6, 6.07) is 0. The molecule has 0 nitrogen and oxygen atoms in total. The lowest BCUT2D eigenvalue weighted by atomic mass is 10.2. The summed E-state index contributed by atoms with van der Waals surface area (Å²) in [7, 11) is 0.770. The van der Waals surface area contributed by atoms with Crippen LogP contribution in [0.1, 0.15) is 19.3 Å². The molecule has 1 unspecified atom stereocenters. The molecule has 2 saturated heterocycles. The van der Waals surface area contributed by atoms with Gasteiger partial charge in [0.25, 0.3) is 0 Å². The van der Waals surface area contributed by atoms with Crippen molar-refractivity contribution in [2.24, 2.45) is 0 Å². The summed E-state index contributed by atoms with van der Waals surface area (Å²) in [4.78, 5) is 0. The smallest absolute Gasteiger partial charge is 0.117 e. The first kappa shape index (κ1) is 6.36. The van der Waals surface area contributed by atoms with Gasteiger partial charge in [0.15, 0.2) is 0 Å². The van der Waals surface area contributed by atoms with Crippen LogP contribution in [0.5, 0.6) is 0 Å². The standard InChI is InChI=1S/C7H12ClS/c8-6-3-5-9-4-1-2-7(6)9/h6-7H,1-5H2/q+1/t6-,7-,9?/m1/s1. The van der Waals surface area contributed by atoms with Gasteiger partial charge < -0.3 is 0 Å². The molecule has 2 heterocycles. The molecular weight excluding hydrogens is 152 g/mol. The van der Waals surface area contributed by atoms with Gasteiger partial charge in [-0.1, -0.05) is 0 Å². The van der Waals surface area contributed by atoms with Gasteiger partial charge in [0.2, 0.25) is 0 Å². The Kier molecular flexibility index (Phi) is 1.66. The van der Waals surface area contributed by atoms with E-state index in [0.717, 1.165) is 16.1 Å². The van der Waals surface area contributed by atoms with Crippen LogP contribution < -0.4 is 0 Å². The van der Waals surface area contributed by atoms with Crippen molar-refractivity contribution in [1.82, 2.24) is 0 Å². The first-order valence-electron chi connectivity index (χ1n) is 3.68. The Balaban J connectivity index is 2.07. The third-order valence-electron chi connectivity index (χ3n) is 2.38. The fourth-order valence-corrected chi connectivity index (χ4v) is 5.64. The van der Waals surface area contributed by atoms with Gasteiger partial charge in [-0.05, 0) is 17.3 Å². The van der Waals surface area contributed by atoms with Crippen molar-refractivity contribution >= 4 is 22.5 Å². The molecule has 2 fully saturated rings. The summed E-state index contributed by atoms with van der Waals surface area (Å²) in [5.74, 6) is 2.94. The molecule has 3 atom stereocenters. The Labute approximate surface area is 64.3 Å². The van der Waals surface area contributed by atoms with E-state index >= 15 is 0 Å². The van der Waals surface area contributed by atoms with E-state index in [1.165, 1.54) is 30.8 Å². The van der Waals surface area contributed by atoms with E-state index in [9.17, 15) is 0 Å². The lowest BCUT2D eigenvalue weighted by molar-refractivity contribution is 0.732. The number of fused-ring (bicyclic) bond motifs is 1. The second-order valence-electron chi connectivity index (χ2n) is 2.93. The van der Waals surface area contributed by atoms with E-state index in [-0.39, 0.29) is 0 Å². The molecule has 2 aliphatic rings. The minimum atomic E-state index is 0.552. The normalized spacial score (nSPS) is 49.7. The quantitative estimate of drug-likeness (QED) is 0.377. The Morgan fingerprint density at radius 2 is 2.11 bits per heavy atom. The number of rotatable bonds is 0. The summed E-state index contributed by atoms with van der Waals surface area (Å²) < 4.78 is 0. The van der Waals surface area contributed by atoms with Crippen molar-refractivity contribution in [3.63, 3.8) is 0 Å². The summed E-state index contributed by atoms with van der Waals surface area (Å²) in [5, 5.41) is 1.49. The van der Waals surface area contributed by atoms with Crippen LogP contribution in [-0.2, 0) is 10.9 Å². The van der Waals surface area contributed by atoms with Gasteiger partial charge in [-0.25, -0.2) is 0 Å². The topological polar surface area (TPSA) is 0 Å². The van der Waals surface area contributed by atoms with Gasteiger partial charge in [0.05, 0.1) is 5.38 Å². The average Bonchev–Trinajstić information content (AvgIpc) is 2.35. The fraction of sp³-hybridized carbons (Fsp3) is 1.00. The van der Waals surface area contributed by atoms with Gasteiger partial charge in [-0.2, -0.15) is 0 Å². The van der Waals surface area contributed by atoms with E-state index in [2.05, 4.69) is 0 Å². The third kappa shape index (κ3) is 0.988. The molecule has 52 valence electrons. The molecule has 2 rings (SSSR count). The van der Waals surface area contributed by atoms with Crippen LogP contribution in [0.15, 0.2) is 0 Å². The summed E-state index contributed by atoms with van der Waals surface area (Å²) in [5.41, 5.74) is 0. The SMILES string of the molecule is Cl[C@@H]1CC[S+]2CCC[C@H]12. The van der Waals surface area contributed by atoms with Crippen molar-refractivity contribution in [3.8, 4) is 0 Å². The van der Waals surface area contributed by atoms with E-state index in [4.69, 9.17) is 11.6 Å². The maximum absolute atomic E-state index is 6.12. The Morgan fingerprint density at radius 1 is 1.22 bits per heavy atom. The van der Waals surface area contributed by atoms with Crippen molar-refractivity contribution in [3.05, 3.63) is 0 Å². The van der Waals surface area contributed by atoms with Crippen LogP contribution in [0.25, 0.3) is 0 Å². The van der Waals surface area contributed by atoms with Crippen molar-refractivity contribution in [2.75, 3.05) is 11.5 Å². The van der Waals surface area contributed by atoms with Gasteiger partial charge in [-0.3, -0.25) is 0 Å². The zero-order valence-corrected chi connectivity index (χ0v) is 7.05. The Bertz CT molecular complexity index is 115. The number of hydrogen-bond acceptors (Lipinski definition) is 0. The molecule has 0 radical (unpaired) electrons. The predicted molar refractivity (Wildman–Crippen MR) is 44.4 cm³/mol. The van der Waals surface area contributed by atoms with Crippen LogP contribution in [0.3, 0.4) is 0 Å². The summed E-state index contributed by atoms with van der Waals surface area (Å²) in [6.07, 6.45) is 4.18. The highest BCUT2D eigenvalue weighted by Crippen LogP contribution is 2.35. The molecule has 0 aromatic rings. The summed E-state index contributed by atoms with van der Waals surface area (Å²) in [6.45, 7) is 0. The van der Waals surface area contributed by atoms with E-state index in [1.54, 1.807) is 0 Å². The summed E-state index contributed by atoms with van der Waals surface area (Å²) >= 11 is 6.12. The van der Waals surface area contributed by atoms with Crippen LogP contribution >= 0.6 is 11.6 Å². The maximum atomic E-state index is 6.12. The molecular formula is C7H12ClS+. The van der Waals surface area contributed by atoms with E-state index in [1.807, 2.05) is 0 Å². The minimum absolute atomic E-state index is 0.552. The monoisotopic (exact) mass is 163 g/mol. The first-order valence-corrected chi connectivity index (χ1v) is 5.74. The molecule has 0 bridgehead atoms. The molecule has 0 aromatic heterocycles. The number of hydrogen-bond donors (Lipinski definition) is 0. The molecule has 0 saturated carbocycles. The van der Waals surface area contributed by atoms with Crippen LogP contribution in [0.4, 0.5) is 0 Å². The van der Waals surface area contributed by atoms with Gasteiger partial charge in [0.1, 0.15) is 16.8 Å². The van der Waals surface area contributed by atoms with Crippen molar-refractivity contribution < 1.29 is 0 Å². The second-order valence-corrected chi connectivity index (χ2v) is 5.99. The first-order chi connectivity index (χ1) is 4.38. The highest BCUT2D eigenvalue weighted by molar-refractivity contribution is 7.98. The van der Waals surface area contributed by atoms with Gasteiger partial charge >= 0.3 is 0 Å². The van der Waals surface area contributed by atoms with Gasteiger partial charge in [-0.15, -0.1) is 11.6 Å². The molecule has 2 heteroatoms. The average molecular weight is 164 g/mol. The van der Waals surface area contributed by atoms with E-state index < -0.39 is 0 Å². The molecule has 0 spiro atoms.